The summed E-state index contributed by atoms with van der Waals surface area (Å²) in [6.45, 7) is 4.62. The van der Waals surface area contributed by atoms with E-state index < -0.39 is 15.9 Å². The van der Waals surface area contributed by atoms with Crippen LogP contribution in [0.3, 0.4) is 0 Å². The predicted molar refractivity (Wildman–Crippen MR) is 292 cm³/mol. The van der Waals surface area contributed by atoms with Crippen LogP contribution in [0.1, 0.15) is 80.2 Å². The molecule has 0 spiro atoms. The molecule has 0 N–H and O–H groups in total. The predicted octanol–water partition coefficient (Wildman–Crippen LogP) is 19.1. The molecule has 0 bridgehead atoms. The van der Waals surface area contributed by atoms with Gasteiger partial charge in [-0.2, -0.15) is 0 Å². The van der Waals surface area contributed by atoms with Crippen molar-refractivity contribution in [3.63, 3.8) is 0 Å². The Labute approximate surface area is 406 Å². The second kappa shape index (κ2) is 16.1. The standard InChI is InChI=1S/2C26H21.C13H8.2ClH.Zr/c2*1-2-8-18-15-19-10-7-14-24(25(19)16-18)26-17-20-9-3-4-11-21(20)22-12-5-6-13-23(22)26;1-3-7-12-10(5-1)9-11-6-2-4-8-13(11)12;;;/h2*3-7,9-17H,2,8H2,1H3;1-8H;2*1H;/q;;;;;+2/p-2. The Morgan fingerprint density at radius 3 is 1.13 bits per heavy atom. The van der Waals surface area contributed by atoms with Crippen LogP contribution < -0.4 is 0 Å². The van der Waals surface area contributed by atoms with Crippen LogP contribution in [0, 0.1) is 0 Å². The van der Waals surface area contributed by atoms with Crippen LogP contribution in [-0.2, 0) is 15.9 Å². The number of hydrogen-bond donors (Lipinski definition) is 0. The number of hydrogen-bond acceptors (Lipinski definition) is 0. The van der Waals surface area contributed by atoms with Crippen molar-refractivity contribution in [3.05, 3.63) is 239 Å². The molecule has 3 aliphatic rings. The molecule has 3 aliphatic carbocycles. The summed E-state index contributed by atoms with van der Waals surface area (Å²) in [5.74, 6) is 0. The summed E-state index contributed by atoms with van der Waals surface area (Å²) in [5.41, 5.74) is 17.6. The molecule has 0 saturated heterocycles. The number of halogens is 2. The third kappa shape index (κ3) is 6.05. The number of fused-ring (bicyclic) bond motifs is 11. The minimum absolute atomic E-state index is 0.183. The van der Waals surface area contributed by atoms with E-state index in [0.717, 1.165) is 25.7 Å². The van der Waals surface area contributed by atoms with E-state index in [2.05, 4.69) is 220 Å². The average molecular weight is 993 g/mol. The molecule has 0 aromatic heterocycles. The molecule has 0 aliphatic heterocycles. The molecule has 0 amide bonds. The maximum absolute atomic E-state index is 9.58. The van der Waals surface area contributed by atoms with E-state index in [-0.39, 0.29) is 7.25 Å². The molecule has 2 atom stereocenters. The molecule has 68 heavy (non-hydrogen) atoms. The van der Waals surface area contributed by atoms with Gasteiger partial charge < -0.3 is 0 Å². The van der Waals surface area contributed by atoms with Gasteiger partial charge in [-0.3, -0.25) is 0 Å². The zero-order valence-corrected chi connectivity index (χ0v) is 42.3. The summed E-state index contributed by atoms with van der Waals surface area (Å²) in [5, 5.41) is 10.1. The molecule has 10 aromatic rings. The van der Waals surface area contributed by atoms with Crippen molar-refractivity contribution in [2.45, 2.75) is 46.8 Å². The summed E-state index contributed by atoms with van der Waals surface area (Å²) < 4.78 is 0.845. The maximum atomic E-state index is 9.58. The van der Waals surface area contributed by atoms with Crippen molar-refractivity contribution in [2.75, 3.05) is 0 Å². The van der Waals surface area contributed by atoms with E-state index in [9.17, 15) is 17.0 Å². The zero-order chi connectivity index (χ0) is 45.8. The van der Waals surface area contributed by atoms with Crippen LogP contribution in [0.25, 0.3) is 88.6 Å². The van der Waals surface area contributed by atoms with Crippen molar-refractivity contribution < 1.29 is 15.9 Å². The van der Waals surface area contributed by atoms with Crippen LogP contribution in [-0.4, -0.2) is 3.21 Å². The first kappa shape index (κ1) is 42.2. The summed E-state index contributed by atoms with van der Waals surface area (Å²) in [6.07, 6.45) is 8.86. The molecule has 10 aromatic carbocycles. The normalized spacial score (nSPS) is 16.3. The van der Waals surface area contributed by atoms with Gasteiger partial charge in [-0.05, 0) is 0 Å². The van der Waals surface area contributed by atoms with Gasteiger partial charge in [0.15, 0.2) is 0 Å². The van der Waals surface area contributed by atoms with Gasteiger partial charge in [-0.25, -0.2) is 0 Å². The van der Waals surface area contributed by atoms with Crippen LogP contribution in [0.15, 0.2) is 205 Å². The van der Waals surface area contributed by atoms with Crippen LogP contribution in [0.5, 0.6) is 0 Å². The van der Waals surface area contributed by atoms with Gasteiger partial charge in [0.1, 0.15) is 0 Å². The fraction of sp³-hybridized carbons (Fsp3) is 0.123. The monoisotopic (exact) mass is 990 g/mol. The van der Waals surface area contributed by atoms with Gasteiger partial charge in [0, 0.05) is 0 Å². The zero-order valence-electron chi connectivity index (χ0n) is 38.4. The Morgan fingerprint density at radius 2 is 0.706 bits per heavy atom. The molecule has 0 saturated carbocycles. The number of allylic oxidation sites excluding steroid dienone is 2. The molecule has 0 radical (unpaired) electrons. The van der Waals surface area contributed by atoms with Crippen molar-refractivity contribution in [2.24, 2.45) is 0 Å². The Kier molecular flexibility index (Phi) is 9.97. The van der Waals surface area contributed by atoms with Crippen LogP contribution in [0.2, 0.25) is 0 Å². The van der Waals surface area contributed by atoms with Gasteiger partial charge in [-0.15, -0.1) is 0 Å². The first-order valence-corrected chi connectivity index (χ1v) is 34.9. The van der Waals surface area contributed by atoms with Crippen LogP contribution >= 0.6 is 17.0 Å². The van der Waals surface area contributed by atoms with E-state index in [1.807, 2.05) is 0 Å². The van der Waals surface area contributed by atoms with Crippen molar-refractivity contribution in [3.8, 4) is 33.4 Å². The molecule has 0 nitrogen and oxygen atoms in total. The van der Waals surface area contributed by atoms with Crippen LogP contribution in [0.4, 0.5) is 0 Å². The third-order valence-electron chi connectivity index (χ3n) is 15.7. The SMILES string of the molecule is CCCC1=Cc2c(-c3cc4ccccc4c4ccccc34)cccc2[CH]1[Zr]([Cl])([Cl])(=[C]1c2ccccc2-c2ccccc21)[CH]1C(CCC)=Cc2c(-c3cc4ccccc4c4ccccc34)cccc21. The topological polar surface area (TPSA) is 0 Å². The molecule has 2 unspecified atom stereocenters. The fourth-order valence-electron chi connectivity index (χ4n) is 13.2. The summed E-state index contributed by atoms with van der Waals surface area (Å²) in [6, 6.07) is 72.2. The molecule has 328 valence electrons. The number of benzene rings is 10. The fourth-order valence-corrected chi connectivity index (χ4v) is 36.0. The average Bonchev–Trinajstić information content (AvgIpc) is 4.07. The van der Waals surface area contributed by atoms with E-state index in [0.29, 0.717) is 0 Å². The van der Waals surface area contributed by atoms with Gasteiger partial charge in [0.2, 0.25) is 0 Å². The second-order valence-corrected chi connectivity index (χ2v) is 39.9. The van der Waals surface area contributed by atoms with Crippen molar-refractivity contribution in [1.29, 1.82) is 0 Å². The van der Waals surface area contributed by atoms with Gasteiger partial charge in [0.25, 0.3) is 0 Å². The van der Waals surface area contributed by atoms with E-state index in [1.165, 1.54) is 124 Å². The van der Waals surface area contributed by atoms with E-state index in [1.54, 1.807) is 0 Å². The Morgan fingerprint density at radius 1 is 0.353 bits per heavy atom. The Bertz CT molecular complexity index is 3670. The first-order chi connectivity index (χ1) is 33.4. The molecule has 13 rings (SSSR count). The second-order valence-electron chi connectivity index (χ2n) is 19.4. The van der Waals surface area contributed by atoms with E-state index >= 15 is 0 Å². The minimum atomic E-state index is -5.90. The summed E-state index contributed by atoms with van der Waals surface area (Å²) in [4.78, 5) is 0. The van der Waals surface area contributed by atoms with Gasteiger partial charge in [0.05, 0.1) is 0 Å². The Balaban J connectivity index is 1.14. The molecule has 0 heterocycles. The molecule has 3 heteroatoms. The molecular formula is C65H50Cl2Zr. The number of rotatable bonds is 8. The van der Waals surface area contributed by atoms with Crippen molar-refractivity contribution in [1.82, 2.24) is 0 Å². The third-order valence-corrected chi connectivity index (χ3v) is 35.3. The van der Waals surface area contributed by atoms with Gasteiger partial charge in [-0.1, -0.05) is 0 Å². The first-order valence-electron chi connectivity index (χ1n) is 24.5. The molecular weight excluding hydrogens is 943 g/mol. The van der Waals surface area contributed by atoms with Crippen molar-refractivity contribution >= 4 is 75.5 Å². The Hall–Kier alpha value is -5.95. The van der Waals surface area contributed by atoms with E-state index in [4.69, 9.17) is 0 Å². The molecule has 0 fully saturated rings. The summed E-state index contributed by atoms with van der Waals surface area (Å²) in [7, 11) is 19.2. The summed E-state index contributed by atoms with van der Waals surface area (Å²) >= 11 is -5.90. The quantitative estimate of drug-likeness (QED) is 0.133. The van der Waals surface area contributed by atoms with Gasteiger partial charge >= 0.3 is 410 Å².